The van der Waals surface area contributed by atoms with Crippen LogP contribution in [-0.4, -0.2) is 16.5 Å². The van der Waals surface area contributed by atoms with Crippen molar-refractivity contribution < 1.29 is 4.39 Å². The smallest absolute Gasteiger partial charge is 0.133 e. The molecule has 0 aliphatic heterocycles. The maximum absolute atomic E-state index is 12.9. The quantitative estimate of drug-likeness (QED) is 0.811. The van der Waals surface area contributed by atoms with Crippen molar-refractivity contribution in [1.29, 1.82) is 0 Å². The molecule has 106 valence electrons. The molecule has 1 aromatic heterocycles. The molecule has 5 heteroatoms. The Balaban J connectivity index is 2.29. The molecule has 1 heterocycles. The lowest BCUT2D eigenvalue weighted by Crippen LogP contribution is -2.05. The summed E-state index contributed by atoms with van der Waals surface area (Å²) in [7, 11) is 0. The topological polar surface area (TPSA) is 37.8 Å². The Labute approximate surface area is 123 Å². The summed E-state index contributed by atoms with van der Waals surface area (Å²) in [4.78, 5) is 9.66. The van der Waals surface area contributed by atoms with E-state index in [2.05, 4.69) is 22.2 Å². The summed E-state index contributed by atoms with van der Waals surface area (Å²) in [6, 6.07) is 6.47. The van der Waals surface area contributed by atoms with E-state index in [1.54, 1.807) is 30.2 Å². The third kappa shape index (κ3) is 3.70. The van der Waals surface area contributed by atoms with Crippen LogP contribution in [-0.2, 0) is 6.42 Å². The van der Waals surface area contributed by atoms with Gasteiger partial charge in [0.05, 0.1) is 0 Å². The molecule has 2 rings (SSSR count). The van der Waals surface area contributed by atoms with E-state index in [1.807, 2.05) is 6.92 Å². The average Bonchev–Trinajstić information content (AvgIpc) is 2.45. The number of nitrogens with zero attached hydrogens (tertiary/aromatic N) is 2. The highest BCUT2D eigenvalue weighted by Crippen LogP contribution is 2.32. The number of anilines is 1. The van der Waals surface area contributed by atoms with Gasteiger partial charge in [0, 0.05) is 17.0 Å². The number of hydrogen-bond acceptors (Lipinski definition) is 4. The van der Waals surface area contributed by atoms with Gasteiger partial charge in [0.1, 0.15) is 23.0 Å². The second-order valence-corrected chi connectivity index (χ2v) is 5.40. The molecule has 0 fully saturated rings. The van der Waals surface area contributed by atoms with Gasteiger partial charge in [-0.05, 0) is 37.6 Å². The van der Waals surface area contributed by atoms with E-state index < -0.39 is 0 Å². The van der Waals surface area contributed by atoms with Gasteiger partial charge in [-0.2, -0.15) is 0 Å². The van der Waals surface area contributed by atoms with Crippen molar-refractivity contribution in [2.45, 2.75) is 36.6 Å². The first-order valence-electron chi connectivity index (χ1n) is 6.75. The van der Waals surface area contributed by atoms with Gasteiger partial charge in [-0.25, -0.2) is 14.4 Å². The Morgan fingerprint density at radius 2 is 1.90 bits per heavy atom. The molecule has 2 aromatic rings. The first-order valence-corrected chi connectivity index (χ1v) is 7.57. The molecule has 20 heavy (non-hydrogen) atoms. The van der Waals surface area contributed by atoms with Gasteiger partial charge in [-0.15, -0.1) is 0 Å². The van der Waals surface area contributed by atoms with E-state index in [4.69, 9.17) is 0 Å². The lowest BCUT2D eigenvalue weighted by atomic mass is 10.2. The molecule has 1 N–H and O–H groups in total. The molecule has 0 saturated carbocycles. The summed E-state index contributed by atoms with van der Waals surface area (Å²) in [5.74, 6) is 0.674. The van der Waals surface area contributed by atoms with Crippen molar-refractivity contribution in [3.05, 3.63) is 42.0 Å². The highest BCUT2D eigenvalue weighted by Gasteiger charge is 2.11. The van der Waals surface area contributed by atoms with Gasteiger partial charge in [-0.1, -0.05) is 25.1 Å². The van der Waals surface area contributed by atoms with Gasteiger partial charge < -0.3 is 5.32 Å². The van der Waals surface area contributed by atoms with Gasteiger partial charge in [0.2, 0.25) is 0 Å². The Kier molecular flexibility index (Phi) is 5.35. The molecule has 0 unspecified atom stereocenters. The van der Waals surface area contributed by atoms with Crippen molar-refractivity contribution in [2.75, 3.05) is 11.9 Å². The zero-order valence-electron chi connectivity index (χ0n) is 11.7. The fraction of sp³-hybridized carbons (Fsp3) is 0.333. The van der Waals surface area contributed by atoms with Crippen LogP contribution >= 0.6 is 11.8 Å². The standard InChI is InChI=1S/C15H18FN3S/c1-3-5-13-14(17-4-2)18-10-19-15(13)20-12-8-6-11(16)7-9-12/h6-10H,3-5H2,1-2H3,(H,17,18,19). The minimum atomic E-state index is -0.223. The van der Waals surface area contributed by atoms with Crippen LogP contribution in [0.1, 0.15) is 25.8 Å². The van der Waals surface area contributed by atoms with E-state index in [0.29, 0.717) is 0 Å². The van der Waals surface area contributed by atoms with Crippen molar-refractivity contribution >= 4 is 17.6 Å². The van der Waals surface area contributed by atoms with E-state index in [9.17, 15) is 4.39 Å². The van der Waals surface area contributed by atoms with Crippen LogP contribution in [0.5, 0.6) is 0 Å². The number of nitrogens with one attached hydrogen (secondary N) is 1. The molecule has 3 nitrogen and oxygen atoms in total. The predicted octanol–water partition coefficient (Wildman–Crippen LogP) is 4.15. The second kappa shape index (κ2) is 7.24. The van der Waals surface area contributed by atoms with E-state index in [1.165, 1.54) is 12.1 Å². The van der Waals surface area contributed by atoms with E-state index >= 15 is 0 Å². The fourth-order valence-electron chi connectivity index (χ4n) is 1.89. The number of hydrogen-bond donors (Lipinski definition) is 1. The number of rotatable bonds is 6. The summed E-state index contributed by atoms with van der Waals surface area (Å²) in [6.07, 6.45) is 3.53. The van der Waals surface area contributed by atoms with E-state index in [-0.39, 0.29) is 5.82 Å². The monoisotopic (exact) mass is 291 g/mol. The normalized spacial score (nSPS) is 10.6. The van der Waals surface area contributed by atoms with Crippen LogP contribution in [0.15, 0.2) is 40.5 Å². The van der Waals surface area contributed by atoms with Gasteiger partial charge in [-0.3, -0.25) is 0 Å². The minimum absolute atomic E-state index is 0.223. The van der Waals surface area contributed by atoms with Crippen LogP contribution in [0.2, 0.25) is 0 Å². The SMILES string of the molecule is CCCc1c(NCC)ncnc1Sc1ccc(F)cc1. The molecule has 1 aromatic carbocycles. The average molecular weight is 291 g/mol. The van der Waals surface area contributed by atoms with Crippen LogP contribution < -0.4 is 5.32 Å². The van der Waals surface area contributed by atoms with Crippen LogP contribution in [0, 0.1) is 5.82 Å². The summed E-state index contributed by atoms with van der Waals surface area (Å²) in [5.41, 5.74) is 1.13. The first kappa shape index (κ1) is 14.8. The molecule has 0 atom stereocenters. The highest BCUT2D eigenvalue weighted by atomic mass is 32.2. The Morgan fingerprint density at radius 3 is 2.55 bits per heavy atom. The van der Waals surface area contributed by atoms with Crippen molar-refractivity contribution in [1.82, 2.24) is 9.97 Å². The molecular weight excluding hydrogens is 273 g/mol. The zero-order valence-corrected chi connectivity index (χ0v) is 12.5. The van der Waals surface area contributed by atoms with E-state index in [0.717, 1.165) is 40.7 Å². The first-order chi connectivity index (χ1) is 9.74. The predicted molar refractivity (Wildman–Crippen MR) is 80.7 cm³/mol. The molecule has 0 amide bonds. The third-order valence-electron chi connectivity index (χ3n) is 2.78. The minimum Gasteiger partial charge on any atom is -0.370 e. The Hall–Kier alpha value is -1.62. The second-order valence-electron chi connectivity index (χ2n) is 4.34. The highest BCUT2D eigenvalue weighted by molar-refractivity contribution is 7.99. The van der Waals surface area contributed by atoms with Gasteiger partial charge in [0.15, 0.2) is 0 Å². The molecule has 0 saturated heterocycles. The van der Waals surface area contributed by atoms with Gasteiger partial charge >= 0.3 is 0 Å². The lowest BCUT2D eigenvalue weighted by molar-refractivity contribution is 0.626. The van der Waals surface area contributed by atoms with Crippen LogP contribution in [0.4, 0.5) is 10.2 Å². The van der Waals surface area contributed by atoms with Crippen LogP contribution in [0.25, 0.3) is 0 Å². The van der Waals surface area contributed by atoms with Crippen molar-refractivity contribution in [3.8, 4) is 0 Å². The number of aromatic nitrogens is 2. The summed E-state index contributed by atoms with van der Waals surface area (Å²) >= 11 is 1.55. The maximum atomic E-state index is 12.9. The lowest BCUT2D eigenvalue weighted by Gasteiger charge is -2.12. The summed E-state index contributed by atoms with van der Waals surface area (Å²) in [6.45, 7) is 5.01. The van der Waals surface area contributed by atoms with Crippen molar-refractivity contribution in [2.24, 2.45) is 0 Å². The molecule has 0 bridgehead atoms. The zero-order chi connectivity index (χ0) is 14.4. The van der Waals surface area contributed by atoms with Crippen LogP contribution in [0.3, 0.4) is 0 Å². The fourth-order valence-corrected chi connectivity index (χ4v) is 2.81. The summed E-state index contributed by atoms with van der Waals surface area (Å²) < 4.78 is 12.9. The van der Waals surface area contributed by atoms with Crippen molar-refractivity contribution in [3.63, 3.8) is 0 Å². The van der Waals surface area contributed by atoms with Gasteiger partial charge in [0.25, 0.3) is 0 Å². The Bertz CT molecular complexity index is 558. The Morgan fingerprint density at radius 1 is 1.15 bits per heavy atom. The number of halogens is 1. The molecule has 0 radical (unpaired) electrons. The largest absolute Gasteiger partial charge is 0.370 e. The number of benzene rings is 1. The molecule has 0 aliphatic rings. The third-order valence-corrected chi connectivity index (χ3v) is 3.83. The summed E-state index contributed by atoms with van der Waals surface area (Å²) in [5, 5.41) is 4.21. The molecular formula is C15H18FN3S. The maximum Gasteiger partial charge on any atom is 0.133 e. The molecule has 0 spiro atoms. The molecule has 0 aliphatic carbocycles.